The van der Waals surface area contributed by atoms with Gasteiger partial charge in [-0.1, -0.05) is 13.3 Å². The molecule has 4 saturated carbocycles. The van der Waals surface area contributed by atoms with Crippen molar-refractivity contribution in [2.45, 2.75) is 64.4 Å². The largest absolute Gasteiger partial charge is 0.459 e. The van der Waals surface area contributed by atoms with E-state index >= 15 is 0 Å². The maximum Gasteiger partial charge on any atom is 0.303 e. The van der Waals surface area contributed by atoms with E-state index in [4.69, 9.17) is 4.74 Å². The molecule has 0 aromatic carbocycles. The van der Waals surface area contributed by atoms with Gasteiger partial charge in [0, 0.05) is 12.8 Å². The van der Waals surface area contributed by atoms with Crippen LogP contribution in [0.25, 0.3) is 0 Å². The van der Waals surface area contributed by atoms with Crippen LogP contribution in [0, 0.1) is 35.5 Å². The molecule has 0 aliphatic heterocycles. The van der Waals surface area contributed by atoms with E-state index in [0.717, 1.165) is 42.4 Å². The molecule has 0 amide bonds. The van der Waals surface area contributed by atoms with Crippen LogP contribution in [0.3, 0.4) is 0 Å². The number of carbonyl (C=O) groups is 1. The molecule has 0 radical (unpaired) electrons. The van der Waals surface area contributed by atoms with Crippen LogP contribution in [0.2, 0.25) is 0 Å². The number of carbonyl (C=O) groups excluding carboxylic acids is 1. The number of ether oxygens (including phenoxy) is 1. The summed E-state index contributed by atoms with van der Waals surface area (Å²) in [4.78, 5) is 11.6. The molecular weight excluding hydrogens is 236 g/mol. The van der Waals surface area contributed by atoms with Gasteiger partial charge in [0.2, 0.25) is 0 Å². The Morgan fingerprint density at radius 1 is 1.16 bits per heavy atom. The highest BCUT2D eigenvalue weighted by Crippen LogP contribution is 2.70. The molecule has 0 saturated heterocycles. The fraction of sp³-hybridized carbons (Fsp3) is 0.941. The van der Waals surface area contributed by atoms with Gasteiger partial charge in [0.1, 0.15) is 5.60 Å². The van der Waals surface area contributed by atoms with E-state index < -0.39 is 0 Å². The fourth-order valence-electron chi connectivity index (χ4n) is 6.86. The second-order valence-corrected chi connectivity index (χ2v) is 7.70. The Morgan fingerprint density at radius 2 is 1.89 bits per heavy atom. The van der Waals surface area contributed by atoms with Crippen LogP contribution < -0.4 is 0 Å². The predicted molar refractivity (Wildman–Crippen MR) is 73.4 cm³/mol. The first-order valence-corrected chi connectivity index (χ1v) is 8.34. The third kappa shape index (κ3) is 1.52. The summed E-state index contributed by atoms with van der Waals surface area (Å²) in [5, 5.41) is 0. The van der Waals surface area contributed by atoms with Gasteiger partial charge < -0.3 is 4.74 Å². The quantitative estimate of drug-likeness (QED) is 0.571. The van der Waals surface area contributed by atoms with Gasteiger partial charge in [-0.3, -0.25) is 4.79 Å². The van der Waals surface area contributed by atoms with Crippen molar-refractivity contribution >= 4 is 5.97 Å². The number of esters is 1. The van der Waals surface area contributed by atoms with Crippen LogP contribution in [0.4, 0.5) is 0 Å². The summed E-state index contributed by atoms with van der Waals surface area (Å²) in [6.07, 6.45) is 9.20. The van der Waals surface area contributed by atoms with E-state index in [9.17, 15) is 4.79 Å². The van der Waals surface area contributed by atoms with E-state index in [1.54, 1.807) is 6.92 Å². The zero-order valence-corrected chi connectivity index (χ0v) is 12.2. The first-order valence-electron chi connectivity index (χ1n) is 8.34. The monoisotopic (exact) mass is 262 g/mol. The summed E-state index contributed by atoms with van der Waals surface area (Å²) in [5.41, 5.74) is -0.0725. The topological polar surface area (TPSA) is 26.3 Å². The summed E-state index contributed by atoms with van der Waals surface area (Å²) < 4.78 is 5.95. The van der Waals surface area contributed by atoms with Gasteiger partial charge in [-0.25, -0.2) is 0 Å². The number of fused-ring (bicyclic) bond motifs is 9. The molecule has 2 heteroatoms. The molecule has 0 heterocycles. The summed E-state index contributed by atoms with van der Waals surface area (Å²) in [7, 11) is 0. The number of hydrogen-bond acceptors (Lipinski definition) is 2. The first-order chi connectivity index (χ1) is 9.14. The molecule has 0 N–H and O–H groups in total. The van der Waals surface area contributed by atoms with Gasteiger partial charge in [-0.05, 0) is 68.1 Å². The Labute approximate surface area is 116 Å². The predicted octanol–water partition coefficient (Wildman–Crippen LogP) is 3.79. The molecule has 4 rings (SSSR count). The highest BCUT2D eigenvalue weighted by molar-refractivity contribution is 5.66. The lowest BCUT2D eigenvalue weighted by Gasteiger charge is -2.45. The lowest BCUT2D eigenvalue weighted by atomic mass is 9.64. The Kier molecular flexibility index (Phi) is 2.57. The van der Waals surface area contributed by atoms with Gasteiger partial charge in [0.15, 0.2) is 0 Å². The summed E-state index contributed by atoms with van der Waals surface area (Å²) in [5.74, 6) is 5.42. The zero-order valence-electron chi connectivity index (χ0n) is 12.2. The second-order valence-electron chi connectivity index (χ2n) is 7.70. The SMILES string of the molecule is CCCC1(OC(C)=O)CC2CC1C1C3CCC(C3)C21. The second kappa shape index (κ2) is 3.99. The van der Waals surface area contributed by atoms with Gasteiger partial charge in [0.05, 0.1) is 0 Å². The first kappa shape index (κ1) is 12.2. The van der Waals surface area contributed by atoms with Gasteiger partial charge in [-0.15, -0.1) is 0 Å². The normalized spacial score (nSPS) is 53.6. The van der Waals surface area contributed by atoms with Crippen molar-refractivity contribution in [3.8, 4) is 0 Å². The Morgan fingerprint density at radius 3 is 2.58 bits per heavy atom. The molecule has 0 aromatic rings. The molecule has 0 spiro atoms. The van der Waals surface area contributed by atoms with Crippen LogP contribution >= 0.6 is 0 Å². The maximum absolute atomic E-state index is 11.6. The van der Waals surface area contributed by atoms with E-state index in [1.807, 2.05) is 0 Å². The van der Waals surface area contributed by atoms with Crippen molar-refractivity contribution < 1.29 is 9.53 Å². The van der Waals surface area contributed by atoms with Crippen molar-refractivity contribution in [3.05, 3.63) is 0 Å². The molecular formula is C17H26O2. The van der Waals surface area contributed by atoms with Crippen molar-refractivity contribution in [2.24, 2.45) is 35.5 Å². The van der Waals surface area contributed by atoms with Crippen molar-refractivity contribution in [1.82, 2.24) is 0 Å². The molecule has 7 unspecified atom stereocenters. The fourth-order valence-corrected chi connectivity index (χ4v) is 6.86. The highest BCUT2D eigenvalue weighted by atomic mass is 16.6. The molecule has 4 aliphatic carbocycles. The van der Waals surface area contributed by atoms with E-state index in [1.165, 1.54) is 32.1 Å². The third-order valence-corrected chi connectivity index (χ3v) is 6.92. The van der Waals surface area contributed by atoms with Crippen molar-refractivity contribution in [2.75, 3.05) is 0 Å². The summed E-state index contributed by atoms with van der Waals surface area (Å²) in [6.45, 7) is 3.83. The minimum atomic E-state index is -0.0725. The minimum Gasteiger partial charge on any atom is -0.459 e. The lowest BCUT2D eigenvalue weighted by molar-refractivity contribution is -0.170. The maximum atomic E-state index is 11.6. The Hall–Kier alpha value is -0.530. The molecule has 4 bridgehead atoms. The Balaban J connectivity index is 1.64. The minimum absolute atomic E-state index is 0.0549. The van der Waals surface area contributed by atoms with Crippen LogP contribution in [-0.2, 0) is 9.53 Å². The molecule has 4 aliphatic rings. The van der Waals surface area contributed by atoms with Gasteiger partial charge in [-0.2, -0.15) is 0 Å². The van der Waals surface area contributed by atoms with E-state index in [0.29, 0.717) is 5.92 Å². The molecule has 0 aromatic heterocycles. The van der Waals surface area contributed by atoms with Gasteiger partial charge in [0.25, 0.3) is 0 Å². The number of rotatable bonds is 3. The highest BCUT2D eigenvalue weighted by Gasteiger charge is 2.67. The molecule has 106 valence electrons. The van der Waals surface area contributed by atoms with Gasteiger partial charge >= 0.3 is 5.97 Å². The average molecular weight is 262 g/mol. The molecule has 2 nitrogen and oxygen atoms in total. The Bertz CT molecular complexity index is 404. The average Bonchev–Trinajstić information content (AvgIpc) is 3.04. The van der Waals surface area contributed by atoms with Crippen LogP contribution in [0.1, 0.15) is 58.8 Å². The van der Waals surface area contributed by atoms with Crippen LogP contribution in [0.5, 0.6) is 0 Å². The zero-order chi connectivity index (χ0) is 13.2. The molecule has 19 heavy (non-hydrogen) atoms. The van der Waals surface area contributed by atoms with Crippen LogP contribution in [-0.4, -0.2) is 11.6 Å². The smallest absolute Gasteiger partial charge is 0.303 e. The van der Waals surface area contributed by atoms with Crippen molar-refractivity contribution in [1.29, 1.82) is 0 Å². The standard InChI is InChI=1S/C17H26O2/c1-3-6-17(19-10(2)18)9-13-8-14(17)16-12-5-4-11(7-12)15(13)16/h11-16H,3-9H2,1-2H3. The number of hydrogen-bond donors (Lipinski definition) is 0. The lowest BCUT2D eigenvalue weighted by Crippen LogP contribution is -2.47. The third-order valence-electron chi connectivity index (χ3n) is 6.92. The van der Waals surface area contributed by atoms with E-state index in [-0.39, 0.29) is 11.6 Å². The van der Waals surface area contributed by atoms with Crippen LogP contribution in [0.15, 0.2) is 0 Å². The van der Waals surface area contributed by atoms with Crippen molar-refractivity contribution in [3.63, 3.8) is 0 Å². The summed E-state index contributed by atoms with van der Waals surface area (Å²) in [6, 6.07) is 0. The molecule has 7 atom stereocenters. The molecule has 4 fully saturated rings. The van der Waals surface area contributed by atoms with E-state index in [2.05, 4.69) is 6.92 Å². The summed E-state index contributed by atoms with van der Waals surface area (Å²) >= 11 is 0.